The van der Waals surface area contributed by atoms with E-state index in [1.165, 1.54) is 6.92 Å². The Kier molecular flexibility index (Phi) is 6.77. The molecule has 4 rings (SSSR count). The second-order valence-corrected chi connectivity index (χ2v) is 7.92. The van der Waals surface area contributed by atoms with Crippen molar-refractivity contribution in [1.82, 2.24) is 4.90 Å². The molecule has 1 aliphatic rings. The molecule has 0 radical (unpaired) electrons. The standard InChI is InChI=1S/C26H26N4O4/c1-17(31)27-19-9-11-20(12-10-19)28-24(32)15-16-30-25(18-7-13-21(34-2)14-8-18)29-23-6-4-3-5-22(23)26(30)33/h3-14,25,29H,15-16H2,1-2H3,(H,27,31)(H,28,32). The van der Waals surface area contributed by atoms with Crippen LogP contribution in [0.2, 0.25) is 0 Å². The van der Waals surface area contributed by atoms with Crippen LogP contribution in [-0.4, -0.2) is 36.3 Å². The normalized spacial score (nSPS) is 14.6. The Morgan fingerprint density at radius 3 is 2.24 bits per heavy atom. The van der Waals surface area contributed by atoms with Gasteiger partial charge in [-0.05, 0) is 54.1 Å². The van der Waals surface area contributed by atoms with Gasteiger partial charge in [0, 0.05) is 37.0 Å². The maximum absolute atomic E-state index is 13.3. The molecule has 0 aliphatic carbocycles. The molecule has 0 aromatic heterocycles. The summed E-state index contributed by atoms with van der Waals surface area (Å²) in [6.45, 7) is 1.66. The Morgan fingerprint density at radius 1 is 0.941 bits per heavy atom. The molecule has 8 nitrogen and oxygen atoms in total. The lowest BCUT2D eigenvalue weighted by Crippen LogP contribution is -2.44. The van der Waals surface area contributed by atoms with Crippen molar-refractivity contribution >= 4 is 34.8 Å². The average Bonchev–Trinajstić information content (AvgIpc) is 2.84. The Balaban J connectivity index is 1.47. The number of nitrogens with zero attached hydrogens (tertiary/aromatic N) is 1. The first-order chi connectivity index (χ1) is 16.4. The molecule has 34 heavy (non-hydrogen) atoms. The van der Waals surface area contributed by atoms with Crippen molar-refractivity contribution in [2.75, 3.05) is 29.6 Å². The van der Waals surface area contributed by atoms with Gasteiger partial charge >= 0.3 is 0 Å². The van der Waals surface area contributed by atoms with Crippen LogP contribution in [0.3, 0.4) is 0 Å². The topological polar surface area (TPSA) is 99.8 Å². The maximum atomic E-state index is 13.3. The molecule has 1 heterocycles. The molecule has 3 aromatic carbocycles. The highest BCUT2D eigenvalue weighted by Crippen LogP contribution is 2.33. The third-order valence-electron chi connectivity index (χ3n) is 5.52. The van der Waals surface area contributed by atoms with Gasteiger partial charge in [-0.1, -0.05) is 24.3 Å². The Morgan fingerprint density at radius 2 is 1.59 bits per heavy atom. The van der Waals surface area contributed by atoms with Crippen LogP contribution in [0.25, 0.3) is 0 Å². The van der Waals surface area contributed by atoms with Crippen molar-refractivity contribution in [3.8, 4) is 5.75 Å². The summed E-state index contributed by atoms with van der Waals surface area (Å²) >= 11 is 0. The second kappa shape index (κ2) is 10.1. The molecule has 174 valence electrons. The lowest BCUT2D eigenvalue weighted by atomic mass is 10.0. The number of nitrogens with one attached hydrogen (secondary N) is 3. The van der Waals surface area contributed by atoms with Crippen molar-refractivity contribution in [2.45, 2.75) is 19.5 Å². The number of amides is 3. The fraction of sp³-hybridized carbons (Fsp3) is 0.192. The fourth-order valence-electron chi connectivity index (χ4n) is 3.86. The van der Waals surface area contributed by atoms with E-state index in [4.69, 9.17) is 4.74 Å². The maximum Gasteiger partial charge on any atom is 0.257 e. The van der Waals surface area contributed by atoms with Crippen molar-refractivity contribution in [2.24, 2.45) is 0 Å². The fourth-order valence-corrected chi connectivity index (χ4v) is 3.86. The van der Waals surface area contributed by atoms with Crippen molar-refractivity contribution < 1.29 is 19.1 Å². The van der Waals surface area contributed by atoms with Gasteiger partial charge in [0.2, 0.25) is 11.8 Å². The molecular formula is C26H26N4O4. The third-order valence-corrected chi connectivity index (χ3v) is 5.52. The van der Waals surface area contributed by atoms with E-state index in [0.29, 0.717) is 16.9 Å². The summed E-state index contributed by atoms with van der Waals surface area (Å²) < 4.78 is 5.25. The largest absolute Gasteiger partial charge is 0.497 e. The number of anilines is 3. The number of rotatable bonds is 7. The van der Waals surface area contributed by atoms with Crippen LogP contribution in [0, 0.1) is 0 Å². The number of ether oxygens (including phenoxy) is 1. The van der Waals surface area contributed by atoms with Crippen LogP contribution in [0.1, 0.15) is 35.4 Å². The van der Waals surface area contributed by atoms with Crippen LogP contribution in [0.4, 0.5) is 17.1 Å². The van der Waals surface area contributed by atoms with Gasteiger partial charge in [0.15, 0.2) is 0 Å². The Labute approximate surface area is 197 Å². The highest BCUT2D eigenvalue weighted by Gasteiger charge is 2.32. The highest BCUT2D eigenvalue weighted by molar-refractivity contribution is 6.02. The molecule has 3 N–H and O–H groups in total. The zero-order valence-electron chi connectivity index (χ0n) is 19.0. The van der Waals surface area contributed by atoms with E-state index in [-0.39, 0.29) is 30.7 Å². The van der Waals surface area contributed by atoms with Gasteiger partial charge in [-0.3, -0.25) is 14.4 Å². The SMILES string of the molecule is COc1ccc(C2Nc3ccccc3C(=O)N2CCC(=O)Nc2ccc(NC(C)=O)cc2)cc1. The van der Waals surface area contributed by atoms with Gasteiger partial charge in [0.25, 0.3) is 5.91 Å². The van der Waals surface area contributed by atoms with Crippen LogP contribution in [0.15, 0.2) is 72.8 Å². The quantitative estimate of drug-likeness (QED) is 0.492. The molecule has 3 aromatic rings. The Hall–Kier alpha value is -4.33. The highest BCUT2D eigenvalue weighted by atomic mass is 16.5. The number of methoxy groups -OCH3 is 1. The first-order valence-electron chi connectivity index (χ1n) is 10.9. The summed E-state index contributed by atoms with van der Waals surface area (Å²) in [6.07, 6.45) is -0.298. The summed E-state index contributed by atoms with van der Waals surface area (Å²) in [5.74, 6) is 0.210. The van der Waals surface area contributed by atoms with Crippen LogP contribution in [-0.2, 0) is 9.59 Å². The van der Waals surface area contributed by atoms with E-state index in [0.717, 1.165) is 17.0 Å². The minimum atomic E-state index is -0.418. The van der Waals surface area contributed by atoms with Crippen molar-refractivity contribution in [1.29, 1.82) is 0 Å². The number of carbonyl (C=O) groups is 3. The number of hydrogen-bond donors (Lipinski definition) is 3. The first-order valence-corrected chi connectivity index (χ1v) is 10.9. The average molecular weight is 459 g/mol. The molecule has 0 saturated carbocycles. The number of benzene rings is 3. The van der Waals surface area contributed by atoms with Gasteiger partial charge in [-0.2, -0.15) is 0 Å². The molecule has 1 atom stereocenters. The molecular weight excluding hydrogens is 432 g/mol. The molecule has 0 saturated heterocycles. The van der Waals surface area contributed by atoms with Gasteiger partial charge < -0.3 is 25.6 Å². The number of carbonyl (C=O) groups excluding carboxylic acids is 3. The lowest BCUT2D eigenvalue weighted by molar-refractivity contribution is -0.116. The molecule has 0 fully saturated rings. The van der Waals surface area contributed by atoms with Gasteiger partial charge in [0.1, 0.15) is 11.9 Å². The minimum absolute atomic E-state index is 0.121. The summed E-state index contributed by atoms with van der Waals surface area (Å²) in [5, 5.41) is 8.95. The van der Waals surface area contributed by atoms with Gasteiger partial charge in [-0.15, -0.1) is 0 Å². The summed E-state index contributed by atoms with van der Waals surface area (Å²) in [4.78, 5) is 38.8. The van der Waals surface area contributed by atoms with Gasteiger partial charge in [-0.25, -0.2) is 0 Å². The predicted molar refractivity (Wildman–Crippen MR) is 131 cm³/mol. The lowest BCUT2D eigenvalue weighted by Gasteiger charge is -2.38. The zero-order chi connectivity index (χ0) is 24.1. The summed E-state index contributed by atoms with van der Waals surface area (Å²) in [6, 6.07) is 21.7. The van der Waals surface area contributed by atoms with Gasteiger partial charge in [0.05, 0.1) is 12.7 Å². The van der Waals surface area contributed by atoms with Crippen molar-refractivity contribution in [3.63, 3.8) is 0 Å². The molecule has 3 amide bonds. The molecule has 0 bridgehead atoms. The third kappa shape index (κ3) is 5.17. The van der Waals surface area contributed by atoms with Crippen LogP contribution >= 0.6 is 0 Å². The Bertz CT molecular complexity index is 1190. The molecule has 8 heteroatoms. The van der Waals surface area contributed by atoms with E-state index in [2.05, 4.69) is 16.0 Å². The number of fused-ring (bicyclic) bond motifs is 1. The minimum Gasteiger partial charge on any atom is -0.497 e. The van der Waals surface area contributed by atoms with E-state index >= 15 is 0 Å². The zero-order valence-corrected chi connectivity index (χ0v) is 19.0. The van der Waals surface area contributed by atoms with Crippen LogP contribution < -0.4 is 20.7 Å². The molecule has 1 unspecified atom stereocenters. The first kappa shape index (κ1) is 22.8. The number of para-hydroxylation sites is 1. The van der Waals surface area contributed by atoms with E-state index in [1.54, 1.807) is 42.3 Å². The van der Waals surface area contributed by atoms with E-state index < -0.39 is 6.17 Å². The van der Waals surface area contributed by atoms with Crippen molar-refractivity contribution in [3.05, 3.63) is 83.9 Å². The van der Waals surface area contributed by atoms with E-state index in [9.17, 15) is 14.4 Å². The molecule has 1 aliphatic heterocycles. The number of hydrogen-bond acceptors (Lipinski definition) is 5. The summed E-state index contributed by atoms with van der Waals surface area (Å²) in [7, 11) is 1.60. The van der Waals surface area contributed by atoms with E-state index in [1.807, 2.05) is 42.5 Å². The second-order valence-electron chi connectivity index (χ2n) is 7.92. The monoisotopic (exact) mass is 458 g/mol. The summed E-state index contributed by atoms with van der Waals surface area (Å²) in [5.41, 5.74) is 3.47. The van der Waals surface area contributed by atoms with Crippen LogP contribution in [0.5, 0.6) is 5.75 Å². The smallest absolute Gasteiger partial charge is 0.257 e. The molecule has 0 spiro atoms. The predicted octanol–water partition coefficient (Wildman–Crippen LogP) is 4.25.